The second kappa shape index (κ2) is 6.20. The summed E-state index contributed by atoms with van der Waals surface area (Å²) in [6, 6.07) is 5.01. The summed E-state index contributed by atoms with van der Waals surface area (Å²) in [5.74, 6) is -0.382. The van der Waals surface area contributed by atoms with Gasteiger partial charge in [-0.2, -0.15) is 0 Å². The number of aromatic carboxylic acids is 1. The molecule has 2 N–H and O–H groups in total. The Balaban J connectivity index is 1.94. The van der Waals surface area contributed by atoms with Crippen molar-refractivity contribution in [2.24, 2.45) is 5.92 Å². The first-order chi connectivity index (χ1) is 8.66. The molecule has 1 fully saturated rings. The third kappa shape index (κ3) is 3.46. The minimum absolute atomic E-state index is 0.286. The van der Waals surface area contributed by atoms with Crippen molar-refractivity contribution in [3.8, 4) is 0 Å². The van der Waals surface area contributed by atoms with E-state index in [1.807, 2.05) is 0 Å². The molecule has 4 nitrogen and oxygen atoms in total. The van der Waals surface area contributed by atoms with E-state index in [-0.39, 0.29) is 5.56 Å². The second-order valence-electron chi connectivity index (χ2n) is 4.46. The summed E-state index contributed by atoms with van der Waals surface area (Å²) in [6.07, 6.45) is 2.29. The Kier molecular flexibility index (Phi) is 4.60. The number of nitrogens with one attached hydrogen (secondary N) is 1. The van der Waals surface area contributed by atoms with Crippen molar-refractivity contribution in [2.75, 3.05) is 25.1 Å². The van der Waals surface area contributed by atoms with E-state index in [0.29, 0.717) is 5.92 Å². The molecular formula is C13H16BrNO3. The van der Waals surface area contributed by atoms with Crippen molar-refractivity contribution in [3.63, 3.8) is 0 Å². The average molecular weight is 314 g/mol. The van der Waals surface area contributed by atoms with Crippen LogP contribution in [0.5, 0.6) is 0 Å². The Morgan fingerprint density at radius 2 is 2.39 bits per heavy atom. The normalized spacial score (nSPS) is 19.5. The molecule has 0 bridgehead atoms. The maximum Gasteiger partial charge on any atom is 0.335 e. The van der Waals surface area contributed by atoms with Crippen LogP contribution in [0, 0.1) is 5.92 Å². The van der Waals surface area contributed by atoms with Crippen molar-refractivity contribution < 1.29 is 14.6 Å². The number of carboxylic acid groups (broad SMARTS) is 1. The molecule has 0 saturated carbocycles. The third-order valence-electron chi connectivity index (χ3n) is 3.05. The van der Waals surface area contributed by atoms with E-state index >= 15 is 0 Å². The molecule has 0 spiro atoms. The van der Waals surface area contributed by atoms with Crippen molar-refractivity contribution in [1.82, 2.24) is 0 Å². The number of hydrogen-bond donors (Lipinski definition) is 2. The smallest absolute Gasteiger partial charge is 0.335 e. The number of benzene rings is 1. The highest BCUT2D eigenvalue weighted by atomic mass is 79.9. The number of anilines is 1. The first-order valence-corrected chi connectivity index (χ1v) is 6.80. The van der Waals surface area contributed by atoms with Crippen LogP contribution in [0.2, 0.25) is 0 Å². The molecule has 0 radical (unpaired) electrons. The van der Waals surface area contributed by atoms with Gasteiger partial charge in [0.05, 0.1) is 12.2 Å². The van der Waals surface area contributed by atoms with Gasteiger partial charge >= 0.3 is 5.97 Å². The largest absolute Gasteiger partial charge is 0.478 e. The fourth-order valence-electron chi connectivity index (χ4n) is 2.01. The Morgan fingerprint density at radius 3 is 3.00 bits per heavy atom. The lowest BCUT2D eigenvalue weighted by atomic mass is 10.0. The van der Waals surface area contributed by atoms with Crippen LogP contribution in [0.4, 0.5) is 5.69 Å². The predicted octanol–water partition coefficient (Wildman–Crippen LogP) is 2.99. The van der Waals surface area contributed by atoms with Crippen LogP contribution in [-0.2, 0) is 4.74 Å². The Morgan fingerprint density at radius 1 is 1.56 bits per heavy atom. The topological polar surface area (TPSA) is 58.6 Å². The Labute approximate surface area is 114 Å². The van der Waals surface area contributed by atoms with Crippen molar-refractivity contribution in [3.05, 3.63) is 28.2 Å². The SMILES string of the molecule is O=C(O)c1ccc(NCC2CCCOC2)c(Br)c1. The van der Waals surface area contributed by atoms with E-state index < -0.39 is 5.97 Å². The van der Waals surface area contributed by atoms with Crippen molar-refractivity contribution in [1.29, 1.82) is 0 Å². The molecule has 5 heteroatoms. The molecule has 2 rings (SSSR count). The predicted molar refractivity (Wildman–Crippen MR) is 73.1 cm³/mol. The fraction of sp³-hybridized carbons (Fsp3) is 0.462. The summed E-state index contributed by atoms with van der Waals surface area (Å²) in [5.41, 5.74) is 1.21. The van der Waals surface area contributed by atoms with Crippen LogP contribution in [0.1, 0.15) is 23.2 Å². The zero-order valence-electron chi connectivity index (χ0n) is 9.99. The lowest BCUT2D eigenvalue weighted by Crippen LogP contribution is -2.24. The molecule has 0 amide bonds. The monoisotopic (exact) mass is 313 g/mol. The standard InChI is InChI=1S/C13H16BrNO3/c14-11-6-10(13(16)17)3-4-12(11)15-7-9-2-1-5-18-8-9/h3-4,6,9,15H,1-2,5,7-8H2,(H,16,17). The minimum atomic E-state index is -0.914. The molecule has 98 valence electrons. The van der Waals surface area contributed by atoms with Crippen LogP contribution in [0.25, 0.3) is 0 Å². The summed E-state index contributed by atoms with van der Waals surface area (Å²) < 4.78 is 6.20. The van der Waals surface area contributed by atoms with Gasteiger partial charge in [-0.05, 0) is 52.9 Å². The van der Waals surface area contributed by atoms with E-state index in [0.717, 1.165) is 36.3 Å². The quantitative estimate of drug-likeness (QED) is 0.897. The number of carbonyl (C=O) groups is 1. The summed E-state index contributed by atoms with van der Waals surface area (Å²) in [6.45, 7) is 2.52. The maximum absolute atomic E-state index is 10.8. The molecule has 0 aliphatic carbocycles. The number of ether oxygens (including phenoxy) is 1. The second-order valence-corrected chi connectivity index (χ2v) is 5.32. The van der Waals surface area contributed by atoms with Crippen molar-refractivity contribution >= 4 is 27.6 Å². The van der Waals surface area contributed by atoms with Gasteiger partial charge in [0.25, 0.3) is 0 Å². The van der Waals surface area contributed by atoms with Gasteiger partial charge in [0.2, 0.25) is 0 Å². The molecule has 1 atom stereocenters. The molecule has 1 aliphatic heterocycles. The molecule has 1 unspecified atom stereocenters. The summed E-state index contributed by atoms with van der Waals surface area (Å²) in [4.78, 5) is 10.8. The van der Waals surface area contributed by atoms with Crippen molar-refractivity contribution in [2.45, 2.75) is 12.8 Å². The van der Waals surface area contributed by atoms with E-state index in [9.17, 15) is 4.79 Å². The molecule has 1 aliphatic rings. The minimum Gasteiger partial charge on any atom is -0.478 e. The molecular weight excluding hydrogens is 298 g/mol. The Bertz CT molecular complexity index is 430. The first kappa shape index (κ1) is 13.4. The van der Waals surface area contributed by atoms with Crippen LogP contribution in [-0.4, -0.2) is 30.8 Å². The maximum atomic E-state index is 10.8. The Hall–Kier alpha value is -1.07. The highest BCUT2D eigenvalue weighted by molar-refractivity contribution is 9.10. The highest BCUT2D eigenvalue weighted by Crippen LogP contribution is 2.24. The lowest BCUT2D eigenvalue weighted by Gasteiger charge is -2.23. The third-order valence-corrected chi connectivity index (χ3v) is 3.71. The average Bonchev–Trinajstić information content (AvgIpc) is 2.38. The zero-order valence-corrected chi connectivity index (χ0v) is 11.6. The lowest BCUT2D eigenvalue weighted by molar-refractivity contribution is 0.0595. The number of hydrogen-bond acceptors (Lipinski definition) is 3. The van der Waals surface area contributed by atoms with Gasteiger partial charge in [0, 0.05) is 23.3 Å². The molecule has 1 saturated heterocycles. The van der Waals surface area contributed by atoms with Gasteiger partial charge in [-0.25, -0.2) is 4.79 Å². The first-order valence-electron chi connectivity index (χ1n) is 6.01. The van der Waals surface area contributed by atoms with Crippen LogP contribution in [0.3, 0.4) is 0 Å². The van der Waals surface area contributed by atoms with Crippen LogP contribution < -0.4 is 5.32 Å². The van der Waals surface area contributed by atoms with E-state index in [1.54, 1.807) is 18.2 Å². The van der Waals surface area contributed by atoms with Gasteiger partial charge in [0.1, 0.15) is 0 Å². The van der Waals surface area contributed by atoms with Gasteiger partial charge in [-0.3, -0.25) is 0 Å². The van der Waals surface area contributed by atoms with Crippen LogP contribution in [0.15, 0.2) is 22.7 Å². The number of carboxylic acids is 1. The molecule has 0 aromatic heterocycles. The van der Waals surface area contributed by atoms with E-state index in [1.165, 1.54) is 6.42 Å². The van der Waals surface area contributed by atoms with Gasteiger partial charge in [-0.15, -0.1) is 0 Å². The molecule has 1 heterocycles. The van der Waals surface area contributed by atoms with E-state index in [2.05, 4.69) is 21.2 Å². The summed E-state index contributed by atoms with van der Waals surface area (Å²) in [7, 11) is 0. The fourth-order valence-corrected chi connectivity index (χ4v) is 2.53. The zero-order chi connectivity index (χ0) is 13.0. The number of rotatable bonds is 4. The van der Waals surface area contributed by atoms with Crippen LogP contribution >= 0.6 is 15.9 Å². The molecule has 18 heavy (non-hydrogen) atoms. The summed E-state index contributed by atoms with van der Waals surface area (Å²) in [5, 5.41) is 12.2. The van der Waals surface area contributed by atoms with Gasteiger partial charge in [0.15, 0.2) is 0 Å². The number of halogens is 1. The molecule has 1 aromatic rings. The molecule has 1 aromatic carbocycles. The highest BCUT2D eigenvalue weighted by Gasteiger charge is 2.14. The van der Waals surface area contributed by atoms with Gasteiger partial charge < -0.3 is 15.2 Å². The summed E-state index contributed by atoms with van der Waals surface area (Å²) >= 11 is 3.38. The van der Waals surface area contributed by atoms with E-state index in [4.69, 9.17) is 9.84 Å². The van der Waals surface area contributed by atoms with Gasteiger partial charge in [-0.1, -0.05) is 0 Å².